The molecule has 0 amide bonds. The molecule has 0 radical (unpaired) electrons. The molecule has 1 heterocycles. The van der Waals surface area contributed by atoms with Crippen LogP contribution in [0.1, 0.15) is 25.7 Å². The molecule has 0 aromatic carbocycles. The molecule has 3 atom stereocenters. The number of esters is 1. The maximum absolute atomic E-state index is 12.0. The fraction of sp³-hybridized carbons (Fsp3) is 0.923. The van der Waals surface area contributed by atoms with Crippen LogP contribution in [0.2, 0.25) is 0 Å². The summed E-state index contributed by atoms with van der Waals surface area (Å²) in [5, 5.41) is 9.25. The highest BCUT2D eigenvalue weighted by molar-refractivity contribution is 5.73. The summed E-state index contributed by atoms with van der Waals surface area (Å²) in [7, 11) is 0. The lowest BCUT2D eigenvalue weighted by Gasteiger charge is -2.39. The van der Waals surface area contributed by atoms with Crippen LogP contribution in [0.4, 0.5) is 0 Å². The Labute approximate surface area is 101 Å². The molecule has 3 fully saturated rings. The van der Waals surface area contributed by atoms with E-state index in [-0.39, 0.29) is 23.9 Å². The van der Waals surface area contributed by atoms with Crippen molar-refractivity contribution in [3.8, 4) is 0 Å². The molecule has 0 spiro atoms. The number of fused-ring (bicyclic) bond motifs is 2. The molecule has 96 valence electrons. The van der Waals surface area contributed by atoms with Crippen molar-refractivity contribution in [1.29, 1.82) is 0 Å². The summed E-state index contributed by atoms with van der Waals surface area (Å²) in [5.74, 6) is 1.41. The summed E-state index contributed by atoms with van der Waals surface area (Å²) in [6, 6.07) is 0. The third kappa shape index (κ3) is 1.97. The SMILES string of the molecule is O=C(OCC1(CO)COC1)C1CC2CCC1C2. The Morgan fingerprint density at radius 3 is 2.65 bits per heavy atom. The van der Waals surface area contributed by atoms with Gasteiger partial charge in [0.05, 0.1) is 31.2 Å². The van der Waals surface area contributed by atoms with Gasteiger partial charge in [-0.1, -0.05) is 6.42 Å². The lowest BCUT2D eigenvalue weighted by molar-refractivity contribution is -0.183. The lowest BCUT2D eigenvalue weighted by atomic mass is 9.87. The molecule has 3 rings (SSSR count). The number of carbonyl (C=O) groups is 1. The molecule has 1 saturated heterocycles. The van der Waals surface area contributed by atoms with E-state index >= 15 is 0 Å². The molecule has 0 aromatic rings. The van der Waals surface area contributed by atoms with E-state index in [1.54, 1.807) is 0 Å². The minimum absolute atomic E-state index is 0.0387. The quantitative estimate of drug-likeness (QED) is 0.744. The van der Waals surface area contributed by atoms with E-state index in [0.29, 0.717) is 25.7 Å². The number of hydrogen-bond acceptors (Lipinski definition) is 4. The molecular formula is C13H20O4. The Balaban J connectivity index is 1.50. The van der Waals surface area contributed by atoms with E-state index in [1.165, 1.54) is 19.3 Å². The summed E-state index contributed by atoms with van der Waals surface area (Å²) >= 11 is 0. The molecule has 3 unspecified atom stereocenters. The number of rotatable bonds is 4. The molecule has 0 aromatic heterocycles. The van der Waals surface area contributed by atoms with Gasteiger partial charge in [-0.25, -0.2) is 0 Å². The van der Waals surface area contributed by atoms with Gasteiger partial charge in [0.15, 0.2) is 0 Å². The summed E-state index contributed by atoms with van der Waals surface area (Å²) in [5.41, 5.74) is -0.312. The van der Waals surface area contributed by atoms with E-state index in [2.05, 4.69) is 0 Å². The van der Waals surface area contributed by atoms with Crippen LogP contribution in [0.15, 0.2) is 0 Å². The van der Waals surface area contributed by atoms with Crippen LogP contribution in [0.25, 0.3) is 0 Å². The maximum Gasteiger partial charge on any atom is 0.309 e. The normalized spacial score (nSPS) is 37.8. The molecule has 2 saturated carbocycles. The van der Waals surface area contributed by atoms with Crippen LogP contribution < -0.4 is 0 Å². The molecule has 17 heavy (non-hydrogen) atoms. The first-order valence-electron chi connectivity index (χ1n) is 6.58. The molecule has 2 aliphatic carbocycles. The average molecular weight is 240 g/mol. The monoisotopic (exact) mass is 240 g/mol. The van der Waals surface area contributed by atoms with E-state index in [0.717, 1.165) is 12.3 Å². The molecular weight excluding hydrogens is 220 g/mol. The van der Waals surface area contributed by atoms with Crippen molar-refractivity contribution >= 4 is 5.97 Å². The van der Waals surface area contributed by atoms with Crippen LogP contribution in [0.3, 0.4) is 0 Å². The van der Waals surface area contributed by atoms with Gasteiger partial charge in [0, 0.05) is 0 Å². The highest BCUT2D eigenvalue weighted by atomic mass is 16.5. The third-order valence-corrected chi connectivity index (χ3v) is 4.71. The Morgan fingerprint density at radius 1 is 1.35 bits per heavy atom. The fourth-order valence-electron chi connectivity index (χ4n) is 3.48. The summed E-state index contributed by atoms with van der Waals surface area (Å²) in [6.07, 6.45) is 4.72. The lowest BCUT2D eigenvalue weighted by Crippen LogP contribution is -2.49. The van der Waals surface area contributed by atoms with E-state index in [9.17, 15) is 9.90 Å². The van der Waals surface area contributed by atoms with Crippen molar-refractivity contribution in [3.63, 3.8) is 0 Å². The molecule has 2 bridgehead atoms. The Morgan fingerprint density at radius 2 is 2.18 bits per heavy atom. The van der Waals surface area contributed by atoms with Gasteiger partial charge >= 0.3 is 5.97 Å². The number of ether oxygens (including phenoxy) is 2. The summed E-state index contributed by atoms with van der Waals surface area (Å²) < 4.78 is 10.5. The van der Waals surface area contributed by atoms with Crippen molar-refractivity contribution in [2.24, 2.45) is 23.2 Å². The second kappa shape index (κ2) is 4.25. The van der Waals surface area contributed by atoms with Gasteiger partial charge < -0.3 is 14.6 Å². The minimum atomic E-state index is -0.312. The smallest absolute Gasteiger partial charge is 0.309 e. The zero-order valence-corrected chi connectivity index (χ0v) is 10.1. The number of hydrogen-bond donors (Lipinski definition) is 1. The molecule has 1 aliphatic heterocycles. The first-order valence-corrected chi connectivity index (χ1v) is 6.58. The molecule has 4 nitrogen and oxygen atoms in total. The van der Waals surface area contributed by atoms with Crippen molar-refractivity contribution in [3.05, 3.63) is 0 Å². The van der Waals surface area contributed by atoms with Crippen molar-refractivity contribution in [2.45, 2.75) is 25.7 Å². The van der Waals surface area contributed by atoms with Gasteiger partial charge in [0.2, 0.25) is 0 Å². The molecule has 4 heteroatoms. The average Bonchev–Trinajstić information content (AvgIpc) is 2.89. The van der Waals surface area contributed by atoms with Crippen LogP contribution in [-0.4, -0.2) is 37.5 Å². The maximum atomic E-state index is 12.0. The second-order valence-electron chi connectivity index (χ2n) is 6.04. The van der Waals surface area contributed by atoms with Crippen LogP contribution in [0, 0.1) is 23.2 Å². The van der Waals surface area contributed by atoms with E-state index < -0.39 is 0 Å². The van der Waals surface area contributed by atoms with Crippen LogP contribution in [0.5, 0.6) is 0 Å². The zero-order chi connectivity index (χ0) is 11.9. The van der Waals surface area contributed by atoms with Gasteiger partial charge in [-0.05, 0) is 31.1 Å². The number of aliphatic hydroxyl groups excluding tert-OH is 1. The highest BCUT2D eigenvalue weighted by Crippen LogP contribution is 2.48. The van der Waals surface area contributed by atoms with Crippen molar-refractivity contribution in [2.75, 3.05) is 26.4 Å². The Bertz CT molecular complexity index is 305. The number of carbonyl (C=O) groups excluding carboxylic acids is 1. The van der Waals surface area contributed by atoms with Gasteiger partial charge in [-0.15, -0.1) is 0 Å². The fourth-order valence-corrected chi connectivity index (χ4v) is 3.48. The first kappa shape index (κ1) is 11.5. The first-order chi connectivity index (χ1) is 8.22. The van der Waals surface area contributed by atoms with Gasteiger partial charge in [-0.2, -0.15) is 0 Å². The van der Waals surface area contributed by atoms with Crippen LogP contribution in [-0.2, 0) is 14.3 Å². The Hall–Kier alpha value is -0.610. The van der Waals surface area contributed by atoms with Crippen LogP contribution >= 0.6 is 0 Å². The van der Waals surface area contributed by atoms with E-state index in [4.69, 9.17) is 9.47 Å². The Kier molecular flexibility index (Phi) is 2.87. The largest absolute Gasteiger partial charge is 0.465 e. The van der Waals surface area contributed by atoms with E-state index in [1.807, 2.05) is 0 Å². The molecule has 1 N–H and O–H groups in total. The third-order valence-electron chi connectivity index (χ3n) is 4.71. The second-order valence-corrected chi connectivity index (χ2v) is 6.04. The van der Waals surface area contributed by atoms with Gasteiger partial charge in [-0.3, -0.25) is 4.79 Å². The topological polar surface area (TPSA) is 55.8 Å². The standard InChI is InChI=1S/C13H20O4/c14-5-13(6-16-7-13)8-17-12(15)11-4-9-1-2-10(11)3-9/h9-11,14H,1-8H2. The summed E-state index contributed by atoms with van der Waals surface area (Å²) in [6.45, 7) is 1.37. The molecule has 3 aliphatic rings. The zero-order valence-electron chi connectivity index (χ0n) is 10.1. The van der Waals surface area contributed by atoms with Gasteiger partial charge in [0.25, 0.3) is 0 Å². The van der Waals surface area contributed by atoms with Crippen molar-refractivity contribution < 1.29 is 19.4 Å². The summed E-state index contributed by atoms with van der Waals surface area (Å²) in [4.78, 5) is 12.0. The van der Waals surface area contributed by atoms with Gasteiger partial charge in [0.1, 0.15) is 6.61 Å². The highest BCUT2D eigenvalue weighted by Gasteiger charge is 2.45. The minimum Gasteiger partial charge on any atom is -0.465 e. The number of aliphatic hydroxyl groups is 1. The predicted molar refractivity (Wildman–Crippen MR) is 60.2 cm³/mol. The van der Waals surface area contributed by atoms with Crippen molar-refractivity contribution in [1.82, 2.24) is 0 Å². The predicted octanol–water partition coefficient (Wildman–Crippen LogP) is 0.975.